The van der Waals surface area contributed by atoms with Crippen molar-refractivity contribution in [3.8, 4) is 0 Å². The molecule has 1 unspecified atom stereocenters. The quantitative estimate of drug-likeness (QED) is 0.803. The summed E-state index contributed by atoms with van der Waals surface area (Å²) in [6.07, 6.45) is 3.35. The van der Waals surface area contributed by atoms with Gasteiger partial charge in [0, 0.05) is 12.7 Å². The zero-order valence-corrected chi connectivity index (χ0v) is 10.3. The minimum absolute atomic E-state index is 0.254. The molecule has 0 saturated heterocycles. The Bertz CT molecular complexity index is 352. The number of primary amides is 1. The number of nitrogens with two attached hydrogens (primary N) is 1. The summed E-state index contributed by atoms with van der Waals surface area (Å²) in [6, 6.07) is -0.254. The Labute approximate surface area is 100 Å². The zero-order valence-electron chi connectivity index (χ0n) is 9.56. The number of rotatable bonds is 6. The second kappa shape index (κ2) is 5.86. The number of likely N-dealkylation sites (N-methyl/N-ethyl adjacent to an activating group) is 1. The van der Waals surface area contributed by atoms with Crippen molar-refractivity contribution in [3.63, 3.8) is 0 Å². The van der Waals surface area contributed by atoms with E-state index < -0.39 is 0 Å². The first kappa shape index (κ1) is 13.0. The van der Waals surface area contributed by atoms with E-state index in [0.717, 1.165) is 13.1 Å². The second-order valence-corrected chi connectivity index (χ2v) is 4.06. The number of halogens is 1. The maximum atomic E-state index is 11.1. The van der Waals surface area contributed by atoms with Crippen molar-refractivity contribution in [2.75, 3.05) is 13.1 Å². The molecule has 0 aromatic carbocycles. The van der Waals surface area contributed by atoms with Crippen molar-refractivity contribution >= 4 is 17.5 Å². The average molecular weight is 245 g/mol. The first-order valence-corrected chi connectivity index (χ1v) is 5.63. The van der Waals surface area contributed by atoms with Crippen molar-refractivity contribution in [1.29, 1.82) is 0 Å². The zero-order chi connectivity index (χ0) is 12.1. The summed E-state index contributed by atoms with van der Waals surface area (Å²) in [5.41, 5.74) is 5.26. The maximum Gasteiger partial charge on any atom is 0.234 e. The first-order chi connectivity index (χ1) is 7.54. The molecule has 1 aromatic heterocycles. The van der Waals surface area contributed by atoms with Crippen LogP contribution in [0.1, 0.15) is 13.8 Å². The second-order valence-electron chi connectivity index (χ2n) is 3.63. The van der Waals surface area contributed by atoms with Crippen LogP contribution in [0.5, 0.6) is 0 Å². The predicted molar refractivity (Wildman–Crippen MR) is 63.1 cm³/mol. The molecule has 1 amide bonds. The van der Waals surface area contributed by atoms with Crippen LogP contribution in [-0.2, 0) is 11.3 Å². The van der Waals surface area contributed by atoms with E-state index in [9.17, 15) is 4.79 Å². The number of nitrogens with zero attached hydrogens (tertiary/aromatic N) is 3. The Balaban J connectivity index is 2.48. The topological polar surface area (TPSA) is 64.2 Å². The van der Waals surface area contributed by atoms with Crippen LogP contribution in [0.3, 0.4) is 0 Å². The third kappa shape index (κ3) is 3.50. The molecule has 5 nitrogen and oxygen atoms in total. The summed E-state index contributed by atoms with van der Waals surface area (Å²) in [5.74, 6) is -0.305. The predicted octanol–water partition coefficient (Wildman–Crippen LogP) is 0.732. The number of amides is 1. The molecule has 16 heavy (non-hydrogen) atoms. The van der Waals surface area contributed by atoms with E-state index in [0.29, 0.717) is 11.6 Å². The Morgan fingerprint density at radius 3 is 2.88 bits per heavy atom. The summed E-state index contributed by atoms with van der Waals surface area (Å²) in [7, 11) is 0. The van der Waals surface area contributed by atoms with Gasteiger partial charge in [-0.3, -0.25) is 14.4 Å². The van der Waals surface area contributed by atoms with Crippen molar-refractivity contribution in [2.45, 2.75) is 26.4 Å². The average Bonchev–Trinajstić information content (AvgIpc) is 2.64. The summed E-state index contributed by atoms with van der Waals surface area (Å²) < 4.78 is 1.75. The van der Waals surface area contributed by atoms with E-state index in [-0.39, 0.29) is 11.9 Å². The minimum atomic E-state index is -0.305. The molecule has 90 valence electrons. The number of hydrogen-bond donors (Lipinski definition) is 1. The molecule has 1 heterocycles. The van der Waals surface area contributed by atoms with E-state index in [1.807, 2.05) is 18.7 Å². The molecule has 2 N–H and O–H groups in total. The van der Waals surface area contributed by atoms with Gasteiger partial charge in [0.05, 0.1) is 23.8 Å². The van der Waals surface area contributed by atoms with Crippen molar-refractivity contribution in [2.24, 2.45) is 5.73 Å². The molecule has 6 heteroatoms. The Kier molecular flexibility index (Phi) is 4.76. The fraction of sp³-hybridized carbons (Fsp3) is 0.600. The maximum absolute atomic E-state index is 11.1. The van der Waals surface area contributed by atoms with E-state index in [2.05, 4.69) is 5.10 Å². The Morgan fingerprint density at radius 2 is 2.44 bits per heavy atom. The van der Waals surface area contributed by atoms with Crippen LogP contribution in [0.2, 0.25) is 5.02 Å². The molecule has 0 aliphatic carbocycles. The molecule has 0 spiro atoms. The van der Waals surface area contributed by atoms with E-state index in [1.165, 1.54) is 0 Å². The van der Waals surface area contributed by atoms with Crippen LogP contribution in [0, 0.1) is 0 Å². The largest absolute Gasteiger partial charge is 0.368 e. The van der Waals surface area contributed by atoms with Crippen LogP contribution in [0.25, 0.3) is 0 Å². The van der Waals surface area contributed by atoms with E-state index >= 15 is 0 Å². The number of carbonyl (C=O) groups excluding carboxylic acids is 1. The van der Waals surface area contributed by atoms with Crippen LogP contribution >= 0.6 is 11.6 Å². The molecule has 0 bridgehead atoms. The van der Waals surface area contributed by atoms with Crippen LogP contribution in [0.4, 0.5) is 0 Å². The number of hydrogen-bond acceptors (Lipinski definition) is 3. The lowest BCUT2D eigenvalue weighted by Gasteiger charge is -2.25. The highest BCUT2D eigenvalue weighted by molar-refractivity contribution is 6.30. The molecule has 1 aromatic rings. The monoisotopic (exact) mass is 244 g/mol. The highest BCUT2D eigenvalue weighted by Crippen LogP contribution is 2.05. The Morgan fingerprint density at radius 1 is 1.75 bits per heavy atom. The molecule has 0 fully saturated rings. The Hall–Kier alpha value is -1.07. The smallest absolute Gasteiger partial charge is 0.234 e. The summed E-state index contributed by atoms with van der Waals surface area (Å²) in [6.45, 7) is 5.99. The van der Waals surface area contributed by atoms with E-state index in [4.69, 9.17) is 17.3 Å². The highest BCUT2D eigenvalue weighted by Gasteiger charge is 2.16. The van der Waals surface area contributed by atoms with Crippen LogP contribution < -0.4 is 5.73 Å². The first-order valence-electron chi connectivity index (χ1n) is 5.26. The minimum Gasteiger partial charge on any atom is -0.368 e. The van der Waals surface area contributed by atoms with Gasteiger partial charge in [0.1, 0.15) is 0 Å². The van der Waals surface area contributed by atoms with Gasteiger partial charge in [0.25, 0.3) is 0 Å². The lowest BCUT2D eigenvalue weighted by molar-refractivity contribution is -0.122. The molecule has 1 rings (SSSR count). The third-order valence-electron chi connectivity index (χ3n) is 2.58. The van der Waals surface area contributed by atoms with E-state index in [1.54, 1.807) is 17.1 Å². The number of carbonyl (C=O) groups is 1. The molecule has 0 saturated carbocycles. The lowest BCUT2D eigenvalue weighted by atomic mass is 10.2. The lowest BCUT2D eigenvalue weighted by Crippen LogP contribution is -2.43. The fourth-order valence-corrected chi connectivity index (χ4v) is 1.65. The number of aromatic nitrogens is 2. The van der Waals surface area contributed by atoms with Gasteiger partial charge < -0.3 is 5.73 Å². The third-order valence-corrected chi connectivity index (χ3v) is 2.78. The summed E-state index contributed by atoms with van der Waals surface area (Å²) in [4.78, 5) is 13.1. The highest BCUT2D eigenvalue weighted by atomic mass is 35.5. The molecule has 1 atom stereocenters. The molecule has 0 aliphatic rings. The molecule has 0 aliphatic heterocycles. The van der Waals surface area contributed by atoms with Gasteiger partial charge in [-0.15, -0.1) is 0 Å². The van der Waals surface area contributed by atoms with Crippen molar-refractivity contribution in [1.82, 2.24) is 14.7 Å². The van der Waals surface area contributed by atoms with Crippen molar-refractivity contribution in [3.05, 3.63) is 17.4 Å². The summed E-state index contributed by atoms with van der Waals surface area (Å²) in [5, 5.41) is 4.68. The van der Waals surface area contributed by atoms with Gasteiger partial charge in [-0.1, -0.05) is 18.5 Å². The van der Waals surface area contributed by atoms with Crippen LogP contribution in [0.15, 0.2) is 12.4 Å². The standard InChI is InChI=1S/C10H17ClN4O/c1-3-14(8(2)10(12)16)4-5-15-7-9(11)6-13-15/h6-8H,3-5H2,1-2H3,(H2,12,16). The van der Waals surface area contributed by atoms with Gasteiger partial charge in [-0.05, 0) is 13.5 Å². The van der Waals surface area contributed by atoms with Gasteiger partial charge in [0.15, 0.2) is 0 Å². The van der Waals surface area contributed by atoms with Crippen LogP contribution in [-0.4, -0.2) is 39.7 Å². The summed E-state index contributed by atoms with van der Waals surface area (Å²) >= 11 is 5.75. The van der Waals surface area contributed by atoms with Gasteiger partial charge in [-0.2, -0.15) is 5.10 Å². The fourth-order valence-electron chi connectivity index (χ4n) is 1.50. The van der Waals surface area contributed by atoms with Crippen molar-refractivity contribution < 1.29 is 4.79 Å². The molecular formula is C10H17ClN4O. The van der Waals surface area contributed by atoms with Gasteiger partial charge in [0.2, 0.25) is 5.91 Å². The SMILES string of the molecule is CCN(CCn1cc(Cl)cn1)C(C)C(N)=O. The molecular weight excluding hydrogens is 228 g/mol. The van der Waals surface area contributed by atoms with Gasteiger partial charge >= 0.3 is 0 Å². The van der Waals surface area contributed by atoms with Gasteiger partial charge in [-0.25, -0.2) is 0 Å². The normalized spacial score (nSPS) is 13.0. The molecule has 0 radical (unpaired) electrons.